The number of ether oxygens (including phenoxy) is 1. The first-order valence-corrected chi connectivity index (χ1v) is 9.06. The third kappa shape index (κ3) is 3.73. The molecule has 1 aromatic heterocycles. The van der Waals surface area contributed by atoms with Crippen molar-refractivity contribution < 1.29 is 9.53 Å². The van der Waals surface area contributed by atoms with Crippen LogP contribution in [0.1, 0.15) is 10.4 Å². The minimum absolute atomic E-state index is 0.113. The molecule has 0 saturated carbocycles. The summed E-state index contributed by atoms with van der Waals surface area (Å²) >= 11 is 0. The number of nitrogens with one attached hydrogen (secondary N) is 1. The van der Waals surface area contributed by atoms with Gasteiger partial charge in [0.05, 0.1) is 0 Å². The van der Waals surface area contributed by atoms with Gasteiger partial charge >= 0.3 is 0 Å². The van der Waals surface area contributed by atoms with Gasteiger partial charge in [-0.05, 0) is 35.7 Å². The topological polar surface area (TPSA) is 48.6 Å². The zero-order chi connectivity index (χ0) is 17.8. The molecule has 1 amide bonds. The van der Waals surface area contributed by atoms with Gasteiger partial charge < -0.3 is 14.6 Å². The number of hydrogen-bond acceptors (Lipinski definition) is 3. The molecule has 1 saturated heterocycles. The average molecular weight is 349 g/mol. The molecule has 0 atom stereocenters. The molecule has 26 heavy (non-hydrogen) atoms. The van der Waals surface area contributed by atoms with E-state index >= 15 is 0 Å². The predicted molar refractivity (Wildman–Crippen MR) is 103 cm³/mol. The summed E-state index contributed by atoms with van der Waals surface area (Å²) < 4.78 is 5.76. The van der Waals surface area contributed by atoms with Crippen molar-refractivity contribution in [1.29, 1.82) is 0 Å². The summed E-state index contributed by atoms with van der Waals surface area (Å²) in [4.78, 5) is 20.2. The van der Waals surface area contributed by atoms with Crippen LogP contribution in [0.3, 0.4) is 0 Å². The molecule has 0 spiro atoms. The first kappa shape index (κ1) is 16.7. The van der Waals surface area contributed by atoms with Crippen LogP contribution in [0.4, 0.5) is 0 Å². The second-order valence-corrected chi connectivity index (χ2v) is 6.58. The van der Waals surface area contributed by atoms with Crippen molar-refractivity contribution in [1.82, 2.24) is 14.8 Å². The van der Waals surface area contributed by atoms with Gasteiger partial charge in [0.2, 0.25) is 0 Å². The van der Waals surface area contributed by atoms with Gasteiger partial charge in [-0.3, -0.25) is 9.69 Å². The number of rotatable bonds is 5. The molecule has 1 aliphatic heterocycles. The van der Waals surface area contributed by atoms with Crippen LogP contribution in [0.5, 0.6) is 5.75 Å². The zero-order valence-electron chi connectivity index (χ0n) is 14.7. The highest BCUT2D eigenvalue weighted by Crippen LogP contribution is 2.16. The van der Waals surface area contributed by atoms with E-state index in [0.29, 0.717) is 6.61 Å². The number of benzene rings is 2. The summed E-state index contributed by atoms with van der Waals surface area (Å²) in [6.45, 7) is 4.83. The molecular weight excluding hydrogens is 326 g/mol. The fourth-order valence-corrected chi connectivity index (χ4v) is 3.35. The SMILES string of the molecule is O=C(c1ccc2cc[nH]c2c1)N1CCN(CCOc2ccccc2)CC1. The smallest absolute Gasteiger partial charge is 0.254 e. The minimum atomic E-state index is 0.113. The van der Waals surface area contributed by atoms with Gasteiger partial charge in [-0.25, -0.2) is 0 Å². The molecule has 0 bridgehead atoms. The number of amides is 1. The Labute approximate surface area is 153 Å². The highest BCUT2D eigenvalue weighted by Gasteiger charge is 2.22. The standard InChI is InChI=1S/C21H23N3O2/c25-21(18-7-6-17-8-9-22-20(17)16-18)24-12-10-23(11-13-24)14-15-26-19-4-2-1-3-5-19/h1-9,16,22H,10-15H2. The normalized spacial score (nSPS) is 15.3. The van der Waals surface area contributed by atoms with Crippen molar-refractivity contribution in [2.24, 2.45) is 0 Å². The minimum Gasteiger partial charge on any atom is -0.492 e. The van der Waals surface area contributed by atoms with Crippen LogP contribution in [0.2, 0.25) is 0 Å². The molecule has 0 unspecified atom stereocenters. The molecule has 1 aliphatic rings. The number of aromatic nitrogens is 1. The van der Waals surface area contributed by atoms with Gasteiger partial charge in [-0.15, -0.1) is 0 Å². The van der Waals surface area contributed by atoms with E-state index in [4.69, 9.17) is 4.74 Å². The summed E-state index contributed by atoms with van der Waals surface area (Å²) in [5.74, 6) is 1.02. The summed E-state index contributed by atoms with van der Waals surface area (Å²) in [5.41, 5.74) is 1.76. The number of piperazine rings is 1. The van der Waals surface area contributed by atoms with E-state index in [2.05, 4.69) is 9.88 Å². The van der Waals surface area contributed by atoms with Crippen LogP contribution in [-0.4, -0.2) is 60.0 Å². The molecule has 4 rings (SSSR count). The first-order chi connectivity index (χ1) is 12.8. The lowest BCUT2D eigenvalue weighted by molar-refractivity contribution is 0.0620. The van der Waals surface area contributed by atoms with Gasteiger partial charge in [0.25, 0.3) is 5.91 Å². The Morgan fingerprint density at radius 3 is 2.62 bits per heavy atom. The van der Waals surface area contributed by atoms with E-state index in [0.717, 1.165) is 54.9 Å². The highest BCUT2D eigenvalue weighted by molar-refractivity contribution is 5.98. The molecule has 1 N–H and O–H groups in total. The van der Waals surface area contributed by atoms with Crippen molar-refractivity contribution in [3.05, 3.63) is 66.4 Å². The number of hydrogen-bond donors (Lipinski definition) is 1. The van der Waals surface area contributed by atoms with Crippen molar-refractivity contribution in [2.45, 2.75) is 0 Å². The fraction of sp³-hybridized carbons (Fsp3) is 0.286. The number of para-hydroxylation sites is 1. The van der Waals surface area contributed by atoms with Gasteiger partial charge in [0.1, 0.15) is 12.4 Å². The van der Waals surface area contributed by atoms with Crippen LogP contribution < -0.4 is 4.74 Å². The molecular formula is C21H23N3O2. The van der Waals surface area contributed by atoms with Crippen LogP contribution in [0.15, 0.2) is 60.8 Å². The van der Waals surface area contributed by atoms with E-state index in [1.165, 1.54) is 0 Å². The fourth-order valence-electron chi connectivity index (χ4n) is 3.35. The molecule has 5 nitrogen and oxygen atoms in total. The van der Waals surface area contributed by atoms with Crippen LogP contribution in [-0.2, 0) is 0 Å². The van der Waals surface area contributed by atoms with Crippen LogP contribution in [0.25, 0.3) is 10.9 Å². The number of carbonyl (C=O) groups excluding carboxylic acids is 1. The third-order valence-electron chi connectivity index (χ3n) is 4.88. The second kappa shape index (κ2) is 7.62. The van der Waals surface area contributed by atoms with E-state index in [-0.39, 0.29) is 5.91 Å². The van der Waals surface area contributed by atoms with Crippen molar-refractivity contribution in [3.8, 4) is 5.75 Å². The van der Waals surface area contributed by atoms with Crippen LogP contribution >= 0.6 is 0 Å². The van der Waals surface area contributed by atoms with Crippen molar-refractivity contribution in [3.63, 3.8) is 0 Å². The summed E-state index contributed by atoms with van der Waals surface area (Å²) in [6, 6.07) is 17.7. The first-order valence-electron chi connectivity index (χ1n) is 9.06. The largest absolute Gasteiger partial charge is 0.492 e. The summed E-state index contributed by atoms with van der Waals surface area (Å²) in [5, 5.41) is 1.13. The van der Waals surface area contributed by atoms with Gasteiger partial charge in [-0.2, -0.15) is 0 Å². The summed E-state index contributed by atoms with van der Waals surface area (Å²) in [6.07, 6.45) is 1.90. The molecule has 0 aliphatic carbocycles. The summed E-state index contributed by atoms with van der Waals surface area (Å²) in [7, 11) is 0. The number of carbonyl (C=O) groups is 1. The van der Waals surface area contributed by atoms with Crippen molar-refractivity contribution in [2.75, 3.05) is 39.3 Å². The molecule has 3 aromatic rings. The quantitative estimate of drug-likeness (QED) is 0.770. The lowest BCUT2D eigenvalue weighted by Gasteiger charge is -2.34. The average Bonchev–Trinajstić information content (AvgIpc) is 3.17. The molecule has 0 radical (unpaired) electrons. The molecule has 2 aromatic carbocycles. The lowest BCUT2D eigenvalue weighted by Crippen LogP contribution is -2.49. The Kier molecular flexibility index (Phi) is 4.88. The number of aromatic amines is 1. The Morgan fingerprint density at radius 2 is 1.81 bits per heavy atom. The Morgan fingerprint density at radius 1 is 1.00 bits per heavy atom. The number of H-pyrrole nitrogens is 1. The Hall–Kier alpha value is -2.79. The van der Waals surface area contributed by atoms with Crippen LogP contribution in [0, 0.1) is 0 Å². The molecule has 1 fully saturated rings. The number of nitrogens with zero attached hydrogens (tertiary/aromatic N) is 2. The second-order valence-electron chi connectivity index (χ2n) is 6.58. The van der Waals surface area contributed by atoms with Crippen molar-refractivity contribution >= 4 is 16.8 Å². The van der Waals surface area contributed by atoms with Gasteiger partial charge in [0.15, 0.2) is 0 Å². The van der Waals surface area contributed by atoms with E-state index in [1.807, 2.05) is 65.7 Å². The maximum absolute atomic E-state index is 12.7. The lowest BCUT2D eigenvalue weighted by atomic mass is 10.1. The Bertz CT molecular complexity index is 867. The maximum Gasteiger partial charge on any atom is 0.254 e. The van der Waals surface area contributed by atoms with E-state index in [1.54, 1.807) is 0 Å². The molecule has 134 valence electrons. The molecule has 2 heterocycles. The maximum atomic E-state index is 12.7. The van der Waals surface area contributed by atoms with Gasteiger partial charge in [-0.1, -0.05) is 24.3 Å². The Balaban J connectivity index is 1.27. The third-order valence-corrected chi connectivity index (χ3v) is 4.88. The highest BCUT2D eigenvalue weighted by atomic mass is 16.5. The number of fused-ring (bicyclic) bond motifs is 1. The van der Waals surface area contributed by atoms with Gasteiger partial charge in [0, 0.05) is 50.0 Å². The monoisotopic (exact) mass is 349 g/mol. The van der Waals surface area contributed by atoms with E-state index < -0.39 is 0 Å². The molecule has 5 heteroatoms. The zero-order valence-corrected chi connectivity index (χ0v) is 14.7. The van der Waals surface area contributed by atoms with E-state index in [9.17, 15) is 4.79 Å². The predicted octanol–water partition coefficient (Wildman–Crippen LogP) is 3.00.